The van der Waals surface area contributed by atoms with Gasteiger partial charge >= 0.3 is 0 Å². The van der Waals surface area contributed by atoms with Crippen molar-refractivity contribution in [2.75, 3.05) is 11.9 Å². The minimum absolute atomic E-state index is 0.0462. The van der Waals surface area contributed by atoms with Gasteiger partial charge in [-0.15, -0.1) is 0 Å². The van der Waals surface area contributed by atoms with Crippen LogP contribution in [0.2, 0.25) is 5.02 Å². The Morgan fingerprint density at radius 2 is 1.78 bits per heavy atom. The summed E-state index contributed by atoms with van der Waals surface area (Å²) in [6.07, 6.45) is 0.0462. The van der Waals surface area contributed by atoms with E-state index in [0.29, 0.717) is 22.2 Å². The molecule has 2 aromatic rings. The number of hydrogen-bond donors (Lipinski definition) is 2. The van der Waals surface area contributed by atoms with Gasteiger partial charge in [-0.2, -0.15) is 5.10 Å². The van der Waals surface area contributed by atoms with E-state index in [0.717, 1.165) is 11.1 Å². The Hall–Kier alpha value is -2.86. The Labute approximate surface area is 163 Å². The molecule has 7 heteroatoms. The molecule has 0 spiro atoms. The zero-order valence-corrected chi connectivity index (χ0v) is 16.3. The summed E-state index contributed by atoms with van der Waals surface area (Å²) >= 11 is 6.03. The van der Waals surface area contributed by atoms with Gasteiger partial charge < -0.3 is 10.1 Å². The van der Waals surface area contributed by atoms with Crippen LogP contribution in [0.4, 0.5) is 5.69 Å². The number of halogens is 1. The van der Waals surface area contributed by atoms with Crippen molar-refractivity contribution in [2.24, 2.45) is 5.10 Å². The van der Waals surface area contributed by atoms with Crippen LogP contribution in [0.5, 0.6) is 5.75 Å². The number of carbonyl (C=O) groups is 2. The number of aryl methyl sites for hydroxylation is 2. The summed E-state index contributed by atoms with van der Waals surface area (Å²) in [6.45, 7) is 5.35. The molecule has 0 aliphatic rings. The Balaban J connectivity index is 1.76. The first-order valence-electron chi connectivity index (χ1n) is 8.41. The van der Waals surface area contributed by atoms with Crippen LogP contribution < -0.4 is 15.5 Å². The van der Waals surface area contributed by atoms with E-state index >= 15 is 0 Å². The summed E-state index contributed by atoms with van der Waals surface area (Å²) in [6, 6.07) is 12.7. The van der Waals surface area contributed by atoms with E-state index in [1.807, 2.05) is 32.0 Å². The van der Waals surface area contributed by atoms with Crippen molar-refractivity contribution in [2.45, 2.75) is 27.2 Å². The van der Waals surface area contributed by atoms with Gasteiger partial charge in [0.05, 0.1) is 6.42 Å². The molecular formula is C20H22ClN3O3. The van der Waals surface area contributed by atoms with Gasteiger partial charge in [-0.3, -0.25) is 9.59 Å². The molecule has 142 valence electrons. The fraction of sp³-hybridized carbons (Fsp3) is 0.250. The molecule has 2 N–H and O–H groups in total. The van der Waals surface area contributed by atoms with Crippen molar-refractivity contribution in [3.63, 3.8) is 0 Å². The number of nitrogens with zero attached hydrogens (tertiary/aromatic N) is 1. The summed E-state index contributed by atoms with van der Waals surface area (Å²) in [4.78, 5) is 23.8. The number of carbonyl (C=O) groups excluding carboxylic acids is 2. The third-order valence-electron chi connectivity index (χ3n) is 3.63. The predicted octanol–water partition coefficient (Wildman–Crippen LogP) is 3.86. The number of amides is 2. The average Bonchev–Trinajstić information content (AvgIpc) is 2.62. The fourth-order valence-electron chi connectivity index (χ4n) is 2.12. The molecule has 2 amide bonds. The minimum Gasteiger partial charge on any atom is -0.484 e. The lowest BCUT2D eigenvalue weighted by atomic mass is 10.2. The van der Waals surface area contributed by atoms with Crippen LogP contribution in [0.15, 0.2) is 47.6 Å². The SMILES string of the molecule is C/C(CC(=O)Nc1ccc(C)c(Cl)c1)=N\NC(=O)COc1ccc(C)cc1. The van der Waals surface area contributed by atoms with Crippen LogP contribution in [-0.4, -0.2) is 24.1 Å². The van der Waals surface area contributed by atoms with Crippen LogP contribution in [0.3, 0.4) is 0 Å². The van der Waals surface area contributed by atoms with Gasteiger partial charge in [0.25, 0.3) is 5.91 Å². The minimum atomic E-state index is -0.402. The van der Waals surface area contributed by atoms with E-state index in [2.05, 4.69) is 15.8 Å². The Morgan fingerprint density at radius 1 is 1.07 bits per heavy atom. The quantitative estimate of drug-likeness (QED) is 0.559. The molecule has 0 atom stereocenters. The highest BCUT2D eigenvalue weighted by Gasteiger charge is 2.07. The lowest BCUT2D eigenvalue weighted by molar-refractivity contribution is -0.123. The molecule has 2 aromatic carbocycles. The number of ether oxygens (including phenoxy) is 1. The van der Waals surface area contributed by atoms with Gasteiger partial charge in [0.2, 0.25) is 5.91 Å². The molecule has 0 saturated carbocycles. The number of rotatable bonds is 7. The molecular weight excluding hydrogens is 366 g/mol. The standard InChI is InChI=1S/C20H22ClN3O3/c1-13-4-8-17(9-5-13)27-12-20(26)24-23-15(3)10-19(25)22-16-7-6-14(2)18(21)11-16/h4-9,11H,10,12H2,1-3H3,(H,22,25)(H,24,26)/b23-15+. The molecule has 0 aliphatic heterocycles. The van der Waals surface area contributed by atoms with Crippen LogP contribution in [0.25, 0.3) is 0 Å². The van der Waals surface area contributed by atoms with Crippen LogP contribution in [-0.2, 0) is 9.59 Å². The first-order valence-corrected chi connectivity index (χ1v) is 8.79. The van der Waals surface area contributed by atoms with Crippen LogP contribution >= 0.6 is 11.6 Å². The van der Waals surface area contributed by atoms with Gasteiger partial charge in [-0.25, -0.2) is 5.43 Å². The highest BCUT2D eigenvalue weighted by molar-refractivity contribution is 6.31. The predicted molar refractivity (Wildman–Crippen MR) is 107 cm³/mol. The molecule has 27 heavy (non-hydrogen) atoms. The number of hydrogen-bond acceptors (Lipinski definition) is 4. The normalized spacial score (nSPS) is 11.0. The van der Waals surface area contributed by atoms with Gasteiger partial charge in [0.15, 0.2) is 6.61 Å². The molecule has 2 rings (SSSR count). The highest BCUT2D eigenvalue weighted by Crippen LogP contribution is 2.20. The summed E-state index contributed by atoms with van der Waals surface area (Å²) in [7, 11) is 0. The first-order chi connectivity index (χ1) is 12.8. The maximum Gasteiger partial charge on any atom is 0.277 e. The Kier molecular flexibility index (Phi) is 7.37. The van der Waals surface area contributed by atoms with E-state index in [1.54, 1.807) is 31.2 Å². The fourth-order valence-corrected chi connectivity index (χ4v) is 2.30. The highest BCUT2D eigenvalue weighted by atomic mass is 35.5. The average molecular weight is 388 g/mol. The third kappa shape index (κ3) is 7.11. The van der Waals surface area contributed by atoms with Gasteiger partial charge in [-0.1, -0.05) is 35.4 Å². The Morgan fingerprint density at radius 3 is 2.44 bits per heavy atom. The second-order valence-electron chi connectivity index (χ2n) is 6.17. The van der Waals surface area contributed by atoms with Crippen molar-refractivity contribution in [3.8, 4) is 5.75 Å². The summed E-state index contributed by atoms with van der Waals surface area (Å²) < 4.78 is 5.36. The van der Waals surface area contributed by atoms with E-state index < -0.39 is 5.91 Å². The van der Waals surface area contributed by atoms with Crippen LogP contribution in [0, 0.1) is 13.8 Å². The molecule has 0 saturated heterocycles. The molecule has 0 aliphatic carbocycles. The molecule has 0 fully saturated rings. The zero-order valence-electron chi connectivity index (χ0n) is 15.5. The topological polar surface area (TPSA) is 79.8 Å². The van der Waals surface area contributed by atoms with E-state index in [-0.39, 0.29) is 18.9 Å². The van der Waals surface area contributed by atoms with Crippen molar-refractivity contribution >= 4 is 34.8 Å². The molecule has 0 heterocycles. The monoisotopic (exact) mass is 387 g/mol. The van der Waals surface area contributed by atoms with Gasteiger partial charge in [0, 0.05) is 16.4 Å². The van der Waals surface area contributed by atoms with E-state index in [4.69, 9.17) is 16.3 Å². The summed E-state index contributed by atoms with van der Waals surface area (Å²) in [5, 5.41) is 7.23. The van der Waals surface area contributed by atoms with Crippen molar-refractivity contribution < 1.29 is 14.3 Å². The zero-order chi connectivity index (χ0) is 19.8. The lowest BCUT2D eigenvalue weighted by Crippen LogP contribution is -2.26. The van der Waals surface area contributed by atoms with Crippen molar-refractivity contribution in [3.05, 3.63) is 58.6 Å². The smallest absolute Gasteiger partial charge is 0.277 e. The maximum atomic E-state index is 12.0. The van der Waals surface area contributed by atoms with Gasteiger partial charge in [0.1, 0.15) is 5.75 Å². The second kappa shape index (κ2) is 9.73. The van der Waals surface area contributed by atoms with Crippen LogP contribution in [0.1, 0.15) is 24.5 Å². The summed E-state index contributed by atoms with van der Waals surface area (Å²) in [5.74, 6) is -0.0467. The number of hydrazone groups is 1. The number of nitrogens with one attached hydrogen (secondary N) is 2. The maximum absolute atomic E-state index is 12.0. The first kappa shape index (κ1) is 20.5. The third-order valence-corrected chi connectivity index (χ3v) is 4.04. The Bertz CT molecular complexity index is 848. The molecule has 0 bridgehead atoms. The summed E-state index contributed by atoms with van der Waals surface area (Å²) in [5.41, 5.74) is 5.49. The van der Waals surface area contributed by atoms with Crippen molar-refractivity contribution in [1.82, 2.24) is 5.43 Å². The number of anilines is 1. The van der Waals surface area contributed by atoms with Gasteiger partial charge in [-0.05, 0) is 50.6 Å². The largest absolute Gasteiger partial charge is 0.484 e. The molecule has 6 nitrogen and oxygen atoms in total. The van der Waals surface area contributed by atoms with Crippen molar-refractivity contribution in [1.29, 1.82) is 0 Å². The number of benzene rings is 2. The van der Waals surface area contributed by atoms with E-state index in [9.17, 15) is 9.59 Å². The molecule has 0 radical (unpaired) electrons. The second-order valence-corrected chi connectivity index (χ2v) is 6.58. The molecule has 0 unspecified atom stereocenters. The lowest BCUT2D eigenvalue weighted by Gasteiger charge is -2.07. The van der Waals surface area contributed by atoms with E-state index in [1.165, 1.54) is 0 Å². The molecule has 0 aromatic heterocycles.